The predicted octanol–water partition coefficient (Wildman–Crippen LogP) is 1.74. The van der Waals surface area contributed by atoms with E-state index >= 15 is 0 Å². The molecular formula is C12H18N2O. The molecule has 0 aliphatic carbocycles. The van der Waals surface area contributed by atoms with Crippen molar-refractivity contribution in [3.63, 3.8) is 0 Å². The van der Waals surface area contributed by atoms with Crippen LogP contribution >= 0.6 is 0 Å². The Labute approximate surface area is 90.8 Å². The van der Waals surface area contributed by atoms with E-state index in [1.165, 1.54) is 13.0 Å². The maximum Gasteiger partial charge on any atom is 0.142 e. The van der Waals surface area contributed by atoms with Crippen LogP contribution < -0.4 is 10.5 Å². The fourth-order valence-electron chi connectivity index (χ4n) is 1.98. The van der Waals surface area contributed by atoms with Crippen molar-refractivity contribution in [2.24, 2.45) is 0 Å². The Morgan fingerprint density at radius 3 is 2.93 bits per heavy atom. The molecule has 1 unspecified atom stereocenters. The molecule has 3 nitrogen and oxygen atoms in total. The van der Waals surface area contributed by atoms with Crippen LogP contribution in [0, 0.1) is 0 Å². The number of nitrogens with zero attached hydrogens (tertiary/aromatic N) is 1. The molecule has 1 aromatic rings. The van der Waals surface area contributed by atoms with Crippen molar-refractivity contribution in [1.29, 1.82) is 0 Å². The standard InChI is InChI=1S/C12H18N2O/c1-14-8-4-5-10(9-14)15-12-7-3-2-6-11(12)13/h2-3,6-7,10H,4-5,8-9,13H2,1H3. The minimum atomic E-state index is 0.286. The maximum atomic E-state index is 5.89. The van der Waals surface area contributed by atoms with Crippen molar-refractivity contribution in [2.75, 3.05) is 25.9 Å². The molecule has 1 aromatic carbocycles. The molecule has 2 N–H and O–H groups in total. The van der Waals surface area contributed by atoms with Gasteiger partial charge in [-0.15, -0.1) is 0 Å². The molecule has 15 heavy (non-hydrogen) atoms. The molecule has 0 aromatic heterocycles. The number of likely N-dealkylation sites (tertiary alicyclic amines) is 1. The van der Waals surface area contributed by atoms with Crippen molar-refractivity contribution < 1.29 is 4.74 Å². The highest BCUT2D eigenvalue weighted by atomic mass is 16.5. The van der Waals surface area contributed by atoms with E-state index in [0.717, 1.165) is 24.4 Å². The van der Waals surface area contributed by atoms with Gasteiger partial charge in [0.1, 0.15) is 11.9 Å². The number of piperidine rings is 1. The second kappa shape index (κ2) is 4.53. The molecule has 3 heteroatoms. The van der Waals surface area contributed by atoms with Crippen molar-refractivity contribution in [2.45, 2.75) is 18.9 Å². The number of nitrogen functional groups attached to an aromatic ring is 1. The molecule has 0 radical (unpaired) electrons. The van der Waals surface area contributed by atoms with Crippen LogP contribution in [-0.2, 0) is 0 Å². The van der Waals surface area contributed by atoms with Gasteiger partial charge in [-0.1, -0.05) is 12.1 Å². The number of ether oxygens (including phenoxy) is 1. The van der Waals surface area contributed by atoms with E-state index in [1.807, 2.05) is 24.3 Å². The maximum absolute atomic E-state index is 5.89. The zero-order chi connectivity index (χ0) is 10.7. The normalized spacial score (nSPS) is 22.6. The van der Waals surface area contributed by atoms with Gasteiger partial charge < -0.3 is 15.4 Å². The molecule has 0 amide bonds. The molecule has 1 fully saturated rings. The summed E-state index contributed by atoms with van der Waals surface area (Å²) >= 11 is 0. The van der Waals surface area contributed by atoms with Gasteiger partial charge in [0.05, 0.1) is 5.69 Å². The summed E-state index contributed by atoms with van der Waals surface area (Å²) in [6.45, 7) is 2.17. The van der Waals surface area contributed by atoms with Crippen LogP contribution in [0.5, 0.6) is 5.75 Å². The molecular weight excluding hydrogens is 188 g/mol. The lowest BCUT2D eigenvalue weighted by Gasteiger charge is -2.30. The predicted molar refractivity (Wildman–Crippen MR) is 62.0 cm³/mol. The van der Waals surface area contributed by atoms with Crippen molar-refractivity contribution in [3.8, 4) is 5.75 Å². The van der Waals surface area contributed by atoms with Gasteiger partial charge in [-0.05, 0) is 38.6 Å². The number of benzene rings is 1. The highest BCUT2D eigenvalue weighted by Crippen LogP contribution is 2.23. The minimum Gasteiger partial charge on any atom is -0.487 e. The largest absolute Gasteiger partial charge is 0.487 e. The minimum absolute atomic E-state index is 0.286. The summed E-state index contributed by atoms with van der Waals surface area (Å²) < 4.78 is 5.89. The third-order valence-corrected chi connectivity index (χ3v) is 2.79. The van der Waals surface area contributed by atoms with E-state index in [-0.39, 0.29) is 6.10 Å². The first-order valence-corrected chi connectivity index (χ1v) is 5.45. The van der Waals surface area contributed by atoms with Crippen LogP contribution in [0.2, 0.25) is 0 Å². The summed E-state index contributed by atoms with van der Waals surface area (Å²) in [7, 11) is 2.13. The van der Waals surface area contributed by atoms with Crippen LogP contribution in [0.15, 0.2) is 24.3 Å². The van der Waals surface area contributed by atoms with Crippen LogP contribution in [0.25, 0.3) is 0 Å². The summed E-state index contributed by atoms with van der Waals surface area (Å²) in [5.74, 6) is 0.817. The number of rotatable bonds is 2. The average molecular weight is 206 g/mol. The summed E-state index contributed by atoms with van der Waals surface area (Å²) in [6.07, 6.45) is 2.61. The highest BCUT2D eigenvalue weighted by Gasteiger charge is 2.18. The Morgan fingerprint density at radius 1 is 1.40 bits per heavy atom. The van der Waals surface area contributed by atoms with Crippen LogP contribution in [-0.4, -0.2) is 31.1 Å². The van der Waals surface area contributed by atoms with Gasteiger partial charge >= 0.3 is 0 Å². The third kappa shape index (κ3) is 2.63. The molecule has 0 bridgehead atoms. The Bertz CT molecular complexity index is 327. The Morgan fingerprint density at radius 2 is 2.20 bits per heavy atom. The lowest BCUT2D eigenvalue weighted by Crippen LogP contribution is -2.38. The number of anilines is 1. The quantitative estimate of drug-likeness (QED) is 0.749. The highest BCUT2D eigenvalue weighted by molar-refractivity contribution is 5.51. The first kappa shape index (κ1) is 10.3. The van der Waals surface area contributed by atoms with Crippen molar-refractivity contribution >= 4 is 5.69 Å². The topological polar surface area (TPSA) is 38.5 Å². The molecule has 1 aliphatic rings. The lowest BCUT2D eigenvalue weighted by molar-refractivity contribution is 0.105. The van der Waals surface area contributed by atoms with E-state index in [2.05, 4.69) is 11.9 Å². The fourth-order valence-corrected chi connectivity index (χ4v) is 1.98. The smallest absolute Gasteiger partial charge is 0.142 e. The monoisotopic (exact) mass is 206 g/mol. The molecule has 1 saturated heterocycles. The van der Waals surface area contributed by atoms with Gasteiger partial charge in [-0.3, -0.25) is 0 Å². The lowest BCUT2D eigenvalue weighted by atomic mass is 10.1. The summed E-state index contributed by atoms with van der Waals surface area (Å²) in [4.78, 5) is 2.30. The van der Waals surface area contributed by atoms with E-state index in [0.29, 0.717) is 0 Å². The number of para-hydroxylation sites is 2. The van der Waals surface area contributed by atoms with Gasteiger partial charge in [-0.25, -0.2) is 0 Å². The van der Waals surface area contributed by atoms with Crippen LogP contribution in [0.3, 0.4) is 0 Å². The van der Waals surface area contributed by atoms with E-state index in [1.54, 1.807) is 0 Å². The van der Waals surface area contributed by atoms with Gasteiger partial charge in [0, 0.05) is 6.54 Å². The zero-order valence-corrected chi connectivity index (χ0v) is 9.15. The second-order valence-corrected chi connectivity index (χ2v) is 4.18. The molecule has 82 valence electrons. The Hall–Kier alpha value is -1.22. The number of likely N-dealkylation sites (N-methyl/N-ethyl adjacent to an activating group) is 1. The van der Waals surface area contributed by atoms with Crippen molar-refractivity contribution in [1.82, 2.24) is 4.90 Å². The van der Waals surface area contributed by atoms with Crippen LogP contribution in [0.4, 0.5) is 5.69 Å². The first-order chi connectivity index (χ1) is 7.25. The SMILES string of the molecule is CN1CCCC(Oc2ccccc2N)C1. The average Bonchev–Trinajstić information content (AvgIpc) is 2.22. The van der Waals surface area contributed by atoms with Gasteiger partial charge in [-0.2, -0.15) is 0 Å². The summed E-state index contributed by atoms with van der Waals surface area (Å²) in [6, 6.07) is 7.69. The van der Waals surface area contributed by atoms with Crippen LogP contribution in [0.1, 0.15) is 12.8 Å². The molecule has 1 heterocycles. The number of hydrogen-bond acceptors (Lipinski definition) is 3. The van der Waals surface area contributed by atoms with Gasteiger partial charge in [0.25, 0.3) is 0 Å². The van der Waals surface area contributed by atoms with E-state index in [9.17, 15) is 0 Å². The molecule has 0 saturated carbocycles. The van der Waals surface area contributed by atoms with Crippen molar-refractivity contribution in [3.05, 3.63) is 24.3 Å². The molecule has 1 aliphatic heterocycles. The number of nitrogens with two attached hydrogens (primary N) is 1. The Balaban J connectivity index is 1.99. The van der Waals surface area contributed by atoms with Gasteiger partial charge in [0.2, 0.25) is 0 Å². The summed E-state index contributed by atoms with van der Waals surface area (Å²) in [5, 5.41) is 0. The third-order valence-electron chi connectivity index (χ3n) is 2.79. The second-order valence-electron chi connectivity index (χ2n) is 4.18. The molecule has 2 rings (SSSR count). The van der Waals surface area contributed by atoms with E-state index < -0.39 is 0 Å². The molecule has 0 spiro atoms. The first-order valence-electron chi connectivity index (χ1n) is 5.45. The number of hydrogen-bond donors (Lipinski definition) is 1. The molecule has 1 atom stereocenters. The fraction of sp³-hybridized carbons (Fsp3) is 0.500. The summed E-state index contributed by atoms with van der Waals surface area (Å²) in [5.41, 5.74) is 6.56. The van der Waals surface area contributed by atoms with Gasteiger partial charge in [0.15, 0.2) is 0 Å². The Kier molecular flexibility index (Phi) is 3.11. The zero-order valence-electron chi connectivity index (χ0n) is 9.15. The van der Waals surface area contributed by atoms with E-state index in [4.69, 9.17) is 10.5 Å².